The molecule has 2 aliphatic rings. The van der Waals surface area contributed by atoms with Crippen LogP contribution in [0.1, 0.15) is 35.4 Å². The van der Waals surface area contributed by atoms with Crippen molar-refractivity contribution in [3.63, 3.8) is 0 Å². The molecule has 3 N–H and O–H groups in total. The summed E-state index contributed by atoms with van der Waals surface area (Å²) < 4.78 is 0. The monoisotopic (exact) mass is 479 g/mol. The number of ketones is 1. The number of carboxylic acids is 1. The van der Waals surface area contributed by atoms with Crippen molar-refractivity contribution in [1.29, 1.82) is 0 Å². The summed E-state index contributed by atoms with van der Waals surface area (Å²) in [6.07, 6.45) is -0.0340. The summed E-state index contributed by atoms with van der Waals surface area (Å²) in [5, 5.41) is 15.5. The fourth-order valence-electron chi connectivity index (χ4n) is 3.51. The van der Waals surface area contributed by atoms with E-state index in [4.69, 9.17) is 5.11 Å². The van der Waals surface area contributed by atoms with Crippen molar-refractivity contribution in [2.24, 2.45) is 0 Å². The van der Waals surface area contributed by atoms with Crippen LogP contribution in [0.25, 0.3) is 0 Å². The van der Waals surface area contributed by atoms with Gasteiger partial charge in [-0.05, 0) is 24.3 Å². The first-order valence-electron chi connectivity index (χ1n) is 10.00. The van der Waals surface area contributed by atoms with Crippen molar-refractivity contribution < 1.29 is 38.7 Å². The molecule has 2 atom stereocenters. The van der Waals surface area contributed by atoms with E-state index in [2.05, 4.69) is 10.7 Å². The lowest BCUT2D eigenvalue weighted by molar-refractivity contribution is -0.155. The Morgan fingerprint density at radius 1 is 1.24 bits per heavy atom. The molecule has 5 amide bonds. The van der Waals surface area contributed by atoms with Gasteiger partial charge in [0, 0.05) is 13.0 Å². The molecule has 0 bridgehead atoms. The van der Waals surface area contributed by atoms with Crippen LogP contribution < -0.4 is 10.7 Å². The second-order valence-electron chi connectivity index (χ2n) is 7.30. The normalized spacial score (nSPS) is 19.3. The number of aldehydes is 1. The van der Waals surface area contributed by atoms with Gasteiger partial charge in [-0.3, -0.25) is 29.4 Å². The van der Waals surface area contributed by atoms with Crippen LogP contribution in [0.15, 0.2) is 17.5 Å². The van der Waals surface area contributed by atoms with Gasteiger partial charge in [-0.25, -0.2) is 19.8 Å². The Kier molecular flexibility index (Phi) is 7.37. The smallest absolute Gasteiger partial charge is 0.358 e. The number of carboxylic acid groups (broad SMARTS) is 1. The molecular weight excluding hydrogens is 458 g/mol. The van der Waals surface area contributed by atoms with Gasteiger partial charge in [-0.15, -0.1) is 11.3 Å². The van der Waals surface area contributed by atoms with E-state index in [1.54, 1.807) is 11.4 Å². The zero-order chi connectivity index (χ0) is 24.1. The molecule has 0 aliphatic carbocycles. The molecule has 1 aromatic rings. The minimum absolute atomic E-state index is 0.135. The molecule has 0 radical (unpaired) electrons. The van der Waals surface area contributed by atoms with Gasteiger partial charge in [0.1, 0.15) is 12.3 Å². The zero-order valence-corrected chi connectivity index (χ0v) is 18.1. The summed E-state index contributed by atoms with van der Waals surface area (Å²) in [7, 11) is 0. The molecule has 0 aromatic carbocycles. The lowest BCUT2D eigenvalue weighted by Crippen LogP contribution is -2.65. The van der Waals surface area contributed by atoms with Gasteiger partial charge in [0.15, 0.2) is 0 Å². The molecule has 1 aromatic heterocycles. The molecule has 3 heterocycles. The Morgan fingerprint density at radius 2 is 2.00 bits per heavy atom. The maximum atomic E-state index is 13.2. The van der Waals surface area contributed by atoms with Crippen molar-refractivity contribution in [1.82, 2.24) is 25.8 Å². The lowest BCUT2D eigenvalue weighted by Gasteiger charge is -2.42. The van der Waals surface area contributed by atoms with Gasteiger partial charge >= 0.3 is 17.9 Å². The van der Waals surface area contributed by atoms with Crippen molar-refractivity contribution >= 4 is 53.1 Å². The van der Waals surface area contributed by atoms with Gasteiger partial charge in [0.05, 0.1) is 23.9 Å². The zero-order valence-electron chi connectivity index (χ0n) is 17.3. The van der Waals surface area contributed by atoms with Crippen LogP contribution in [0.3, 0.4) is 0 Å². The van der Waals surface area contributed by atoms with Gasteiger partial charge < -0.3 is 15.2 Å². The minimum atomic E-state index is -1.32. The molecule has 0 unspecified atom stereocenters. The van der Waals surface area contributed by atoms with E-state index < -0.39 is 54.0 Å². The molecular formula is C19H21N5O8S. The van der Waals surface area contributed by atoms with E-state index in [9.17, 15) is 33.6 Å². The average Bonchev–Trinajstić information content (AvgIpc) is 3.30. The van der Waals surface area contributed by atoms with E-state index >= 15 is 0 Å². The maximum absolute atomic E-state index is 13.2. The Bertz CT molecular complexity index is 981. The third-order valence-corrected chi connectivity index (χ3v) is 5.91. The molecule has 0 spiro atoms. The fourth-order valence-corrected chi connectivity index (χ4v) is 4.17. The molecule has 33 heavy (non-hydrogen) atoms. The average molecular weight is 479 g/mol. The van der Waals surface area contributed by atoms with Gasteiger partial charge in [0.2, 0.25) is 11.8 Å². The summed E-state index contributed by atoms with van der Waals surface area (Å²) in [6.45, 7) is -0.0745. The van der Waals surface area contributed by atoms with Gasteiger partial charge in [0.25, 0.3) is 5.78 Å². The standard InChI is InChI=1S/C19H21N5O8S/c25-10-11(9-15(27)28)20-17(30)12-3-1-6-23-14(26)5-7-22(19(32)24(12)23)21-18(31)16(29)13-4-2-8-33-13/h2,4,8,10-12H,1,3,5-7,9H2,(H,20,30)(H,21,31)(H,27,28)/t11-,12-/m0/s1. The van der Waals surface area contributed by atoms with Crippen LogP contribution in [0, 0.1) is 0 Å². The number of thiophene rings is 1. The summed E-state index contributed by atoms with van der Waals surface area (Å²) in [5.41, 5.74) is 2.20. The van der Waals surface area contributed by atoms with Crippen molar-refractivity contribution in [3.8, 4) is 0 Å². The van der Waals surface area contributed by atoms with Gasteiger partial charge in [-0.1, -0.05) is 6.07 Å². The molecule has 2 aliphatic heterocycles. The van der Waals surface area contributed by atoms with Crippen LogP contribution >= 0.6 is 11.3 Å². The molecule has 13 nitrogen and oxygen atoms in total. The number of amides is 5. The highest BCUT2D eigenvalue weighted by Gasteiger charge is 2.44. The topological polar surface area (TPSA) is 174 Å². The Morgan fingerprint density at radius 3 is 2.64 bits per heavy atom. The Hall–Kier alpha value is -3.81. The van der Waals surface area contributed by atoms with E-state index in [1.807, 2.05) is 0 Å². The third kappa shape index (κ3) is 5.34. The van der Waals surface area contributed by atoms with Crippen LogP contribution in [0.5, 0.6) is 0 Å². The quantitative estimate of drug-likeness (QED) is 0.246. The molecule has 176 valence electrons. The fraction of sp³-hybridized carbons (Fsp3) is 0.421. The number of rotatable bonds is 8. The Balaban J connectivity index is 1.79. The molecule has 0 saturated carbocycles. The summed E-state index contributed by atoms with van der Waals surface area (Å²) in [5.74, 6) is -4.53. The summed E-state index contributed by atoms with van der Waals surface area (Å²) >= 11 is 1.05. The first kappa shape index (κ1) is 23.8. The SMILES string of the molecule is O=C[C@H](CC(=O)O)NC(=O)[C@@H]1CCCN2C(=O)CCN(NC(=O)C(=O)c3cccs3)C(=O)N12. The van der Waals surface area contributed by atoms with Crippen molar-refractivity contribution in [3.05, 3.63) is 22.4 Å². The van der Waals surface area contributed by atoms with E-state index in [0.717, 1.165) is 26.4 Å². The summed E-state index contributed by atoms with van der Waals surface area (Å²) in [4.78, 5) is 85.4. The van der Waals surface area contributed by atoms with E-state index in [-0.39, 0.29) is 37.1 Å². The number of hydrogen-bond acceptors (Lipinski definition) is 8. The predicted octanol–water partition coefficient (Wildman–Crippen LogP) is -0.846. The van der Waals surface area contributed by atoms with E-state index in [1.165, 1.54) is 6.07 Å². The van der Waals surface area contributed by atoms with Gasteiger partial charge in [-0.2, -0.15) is 0 Å². The number of carbonyl (C=O) groups is 7. The highest BCUT2D eigenvalue weighted by atomic mass is 32.1. The van der Waals surface area contributed by atoms with Crippen LogP contribution in [-0.4, -0.2) is 87.1 Å². The summed E-state index contributed by atoms with van der Waals surface area (Å²) in [6, 6.07) is -0.409. The first-order valence-corrected chi connectivity index (χ1v) is 10.9. The number of hydrazine groups is 2. The molecule has 3 rings (SSSR count). The molecule has 2 fully saturated rings. The van der Waals surface area contributed by atoms with Crippen molar-refractivity contribution in [2.75, 3.05) is 13.1 Å². The molecule has 14 heteroatoms. The number of nitrogens with zero attached hydrogens (tertiary/aromatic N) is 3. The third-order valence-electron chi connectivity index (χ3n) is 5.04. The molecule has 2 saturated heterocycles. The highest BCUT2D eigenvalue weighted by molar-refractivity contribution is 7.13. The number of aliphatic carboxylic acids is 1. The van der Waals surface area contributed by atoms with Crippen LogP contribution in [0.4, 0.5) is 4.79 Å². The minimum Gasteiger partial charge on any atom is -0.481 e. The van der Waals surface area contributed by atoms with Crippen LogP contribution in [0.2, 0.25) is 0 Å². The predicted molar refractivity (Wildman–Crippen MR) is 110 cm³/mol. The van der Waals surface area contributed by atoms with E-state index in [0.29, 0.717) is 6.42 Å². The lowest BCUT2D eigenvalue weighted by atomic mass is 10.1. The number of nitrogens with one attached hydrogen (secondary N) is 2. The number of fused-ring (bicyclic) bond motifs is 1. The second-order valence-corrected chi connectivity index (χ2v) is 8.25. The second kappa shape index (κ2) is 10.2. The van der Waals surface area contributed by atoms with Crippen LogP contribution in [-0.2, 0) is 24.0 Å². The number of urea groups is 1. The highest BCUT2D eigenvalue weighted by Crippen LogP contribution is 2.24. The largest absolute Gasteiger partial charge is 0.481 e. The number of hydrogen-bond donors (Lipinski definition) is 3. The van der Waals surface area contributed by atoms with Crippen molar-refractivity contribution in [2.45, 2.75) is 37.8 Å². The Labute approximate surface area is 191 Å². The number of carbonyl (C=O) groups excluding carboxylic acids is 6. The maximum Gasteiger partial charge on any atom is 0.358 e. The number of Topliss-reactive ketones (excluding diaryl/α,β-unsaturated/α-hetero) is 1. The first-order chi connectivity index (χ1) is 15.7.